The Hall–Kier alpha value is -1.71. The van der Waals surface area contributed by atoms with Gasteiger partial charge in [0.1, 0.15) is 11.5 Å². The Morgan fingerprint density at radius 2 is 1.76 bits per heavy atom. The summed E-state index contributed by atoms with van der Waals surface area (Å²) in [7, 11) is 4.57. The van der Waals surface area contributed by atoms with E-state index in [0.717, 1.165) is 22.4 Å². The predicted octanol–water partition coefficient (Wildman–Crippen LogP) is 2.04. The number of esters is 1. The van der Waals surface area contributed by atoms with Gasteiger partial charge < -0.3 is 14.2 Å². The van der Waals surface area contributed by atoms with E-state index in [2.05, 4.69) is 4.74 Å². The molecule has 4 heteroatoms. The highest BCUT2D eigenvalue weighted by Crippen LogP contribution is 2.33. The predicted molar refractivity (Wildman–Crippen MR) is 64.7 cm³/mol. The fourth-order valence-corrected chi connectivity index (χ4v) is 1.78. The van der Waals surface area contributed by atoms with E-state index in [4.69, 9.17) is 9.47 Å². The molecule has 0 aliphatic heterocycles. The van der Waals surface area contributed by atoms with Crippen molar-refractivity contribution in [3.8, 4) is 11.5 Å². The number of rotatable bonds is 4. The van der Waals surface area contributed by atoms with Crippen LogP contribution in [0, 0.1) is 13.8 Å². The second-order valence-corrected chi connectivity index (χ2v) is 3.77. The van der Waals surface area contributed by atoms with Gasteiger partial charge in [0.15, 0.2) is 0 Å². The molecular weight excluding hydrogens is 220 g/mol. The molecule has 0 radical (unpaired) electrons. The van der Waals surface area contributed by atoms with Gasteiger partial charge in [-0.1, -0.05) is 0 Å². The van der Waals surface area contributed by atoms with Gasteiger partial charge in [-0.25, -0.2) is 0 Å². The van der Waals surface area contributed by atoms with E-state index in [1.807, 2.05) is 19.9 Å². The van der Waals surface area contributed by atoms with Crippen LogP contribution in [0.5, 0.6) is 11.5 Å². The van der Waals surface area contributed by atoms with E-state index in [-0.39, 0.29) is 12.4 Å². The Bertz CT molecular complexity index is 424. The van der Waals surface area contributed by atoms with E-state index in [9.17, 15) is 4.79 Å². The molecule has 0 N–H and O–H groups in total. The van der Waals surface area contributed by atoms with Gasteiger partial charge in [-0.2, -0.15) is 0 Å². The number of methoxy groups -OCH3 is 3. The second kappa shape index (κ2) is 5.57. The Balaban J connectivity index is 3.27. The number of carbonyl (C=O) groups is 1. The molecule has 0 aromatic heterocycles. The zero-order chi connectivity index (χ0) is 13.0. The summed E-state index contributed by atoms with van der Waals surface area (Å²) in [6, 6.07) is 1.82. The van der Waals surface area contributed by atoms with Crippen LogP contribution in [0.2, 0.25) is 0 Å². The summed E-state index contributed by atoms with van der Waals surface area (Å²) in [5.74, 6) is 1.17. The van der Waals surface area contributed by atoms with Gasteiger partial charge in [-0.15, -0.1) is 0 Å². The van der Waals surface area contributed by atoms with Crippen molar-refractivity contribution in [3.05, 3.63) is 22.8 Å². The van der Waals surface area contributed by atoms with Gasteiger partial charge >= 0.3 is 5.97 Å². The topological polar surface area (TPSA) is 44.8 Å². The molecule has 0 spiro atoms. The smallest absolute Gasteiger partial charge is 0.310 e. The molecule has 0 unspecified atom stereocenters. The van der Waals surface area contributed by atoms with Crippen molar-refractivity contribution in [2.24, 2.45) is 0 Å². The SMILES string of the molecule is COC(=O)Cc1cc(OC)c(C)c(C)c1OC. The third-order valence-corrected chi connectivity index (χ3v) is 2.86. The summed E-state index contributed by atoms with van der Waals surface area (Å²) in [5, 5.41) is 0. The van der Waals surface area contributed by atoms with Crippen LogP contribution in [0.25, 0.3) is 0 Å². The molecule has 17 heavy (non-hydrogen) atoms. The first-order valence-electron chi connectivity index (χ1n) is 5.33. The maximum absolute atomic E-state index is 11.3. The maximum Gasteiger partial charge on any atom is 0.310 e. The second-order valence-electron chi connectivity index (χ2n) is 3.77. The maximum atomic E-state index is 11.3. The number of hydrogen-bond acceptors (Lipinski definition) is 4. The highest BCUT2D eigenvalue weighted by molar-refractivity contribution is 5.74. The highest BCUT2D eigenvalue weighted by atomic mass is 16.5. The van der Waals surface area contributed by atoms with Crippen molar-refractivity contribution in [1.29, 1.82) is 0 Å². The molecule has 0 aliphatic rings. The van der Waals surface area contributed by atoms with Crippen molar-refractivity contribution in [2.75, 3.05) is 21.3 Å². The molecule has 1 rings (SSSR count). The number of hydrogen-bond donors (Lipinski definition) is 0. The van der Waals surface area contributed by atoms with Gasteiger partial charge in [0, 0.05) is 5.56 Å². The minimum atomic E-state index is -0.298. The van der Waals surface area contributed by atoms with Crippen LogP contribution in [0.4, 0.5) is 0 Å². The van der Waals surface area contributed by atoms with E-state index in [1.165, 1.54) is 7.11 Å². The molecule has 0 amide bonds. The third-order valence-electron chi connectivity index (χ3n) is 2.86. The lowest BCUT2D eigenvalue weighted by Crippen LogP contribution is -2.08. The van der Waals surface area contributed by atoms with Crippen LogP contribution in [0.15, 0.2) is 6.07 Å². The first-order valence-corrected chi connectivity index (χ1v) is 5.33. The quantitative estimate of drug-likeness (QED) is 0.753. The van der Waals surface area contributed by atoms with Crippen molar-refractivity contribution in [3.63, 3.8) is 0 Å². The van der Waals surface area contributed by atoms with Crippen molar-refractivity contribution in [2.45, 2.75) is 20.3 Å². The van der Waals surface area contributed by atoms with Crippen molar-refractivity contribution >= 4 is 5.97 Å². The lowest BCUT2D eigenvalue weighted by Gasteiger charge is -2.16. The summed E-state index contributed by atoms with van der Waals surface area (Å²) in [4.78, 5) is 11.3. The Kier molecular flexibility index (Phi) is 4.37. The zero-order valence-corrected chi connectivity index (χ0v) is 10.9. The van der Waals surface area contributed by atoms with E-state index < -0.39 is 0 Å². The normalized spacial score (nSPS) is 9.94. The summed E-state index contributed by atoms with van der Waals surface area (Å²) in [6.45, 7) is 3.90. The summed E-state index contributed by atoms with van der Waals surface area (Å²) < 4.78 is 15.3. The lowest BCUT2D eigenvalue weighted by molar-refractivity contribution is -0.139. The fraction of sp³-hybridized carbons (Fsp3) is 0.462. The van der Waals surface area contributed by atoms with Crippen LogP contribution < -0.4 is 9.47 Å². The minimum Gasteiger partial charge on any atom is -0.496 e. The highest BCUT2D eigenvalue weighted by Gasteiger charge is 2.16. The van der Waals surface area contributed by atoms with Crippen LogP contribution in [-0.4, -0.2) is 27.3 Å². The van der Waals surface area contributed by atoms with Crippen molar-refractivity contribution < 1.29 is 19.0 Å². The van der Waals surface area contributed by atoms with E-state index >= 15 is 0 Å². The Labute approximate surface area is 101 Å². The molecule has 94 valence electrons. The number of carbonyl (C=O) groups excluding carboxylic acids is 1. The largest absolute Gasteiger partial charge is 0.496 e. The molecule has 1 aromatic carbocycles. The monoisotopic (exact) mass is 238 g/mol. The third kappa shape index (κ3) is 2.70. The molecule has 0 aliphatic carbocycles. The van der Waals surface area contributed by atoms with Gasteiger partial charge in [0.25, 0.3) is 0 Å². The van der Waals surface area contributed by atoms with E-state index in [1.54, 1.807) is 14.2 Å². The van der Waals surface area contributed by atoms with Gasteiger partial charge in [-0.3, -0.25) is 4.79 Å². The van der Waals surface area contributed by atoms with Gasteiger partial charge in [0.05, 0.1) is 27.8 Å². The molecular formula is C13H18O4. The average molecular weight is 238 g/mol. The molecule has 0 saturated heterocycles. The van der Waals surface area contributed by atoms with Crippen LogP contribution >= 0.6 is 0 Å². The first kappa shape index (κ1) is 13.4. The zero-order valence-electron chi connectivity index (χ0n) is 10.9. The van der Waals surface area contributed by atoms with Crippen LogP contribution in [0.3, 0.4) is 0 Å². The minimum absolute atomic E-state index is 0.178. The first-order chi connectivity index (χ1) is 8.04. The summed E-state index contributed by atoms with van der Waals surface area (Å²) in [5.41, 5.74) is 2.77. The standard InChI is InChI=1S/C13H18O4/c1-8-9(2)13(17-5)10(6-11(8)15-3)7-12(14)16-4/h6H,7H2,1-5H3. The van der Waals surface area contributed by atoms with Gasteiger partial charge in [-0.05, 0) is 31.0 Å². The lowest BCUT2D eigenvalue weighted by atomic mass is 10.0. The molecule has 0 saturated carbocycles. The molecule has 0 atom stereocenters. The van der Waals surface area contributed by atoms with Crippen LogP contribution in [-0.2, 0) is 16.0 Å². The molecule has 1 aromatic rings. The number of benzene rings is 1. The molecule has 0 heterocycles. The number of ether oxygens (including phenoxy) is 3. The summed E-state index contributed by atoms with van der Waals surface area (Å²) in [6.07, 6.45) is 0.178. The molecule has 0 fully saturated rings. The Morgan fingerprint density at radius 3 is 2.24 bits per heavy atom. The fourth-order valence-electron chi connectivity index (χ4n) is 1.78. The van der Waals surface area contributed by atoms with E-state index in [0.29, 0.717) is 5.75 Å². The Morgan fingerprint density at radius 1 is 1.12 bits per heavy atom. The molecule has 0 bridgehead atoms. The average Bonchev–Trinajstić information content (AvgIpc) is 2.33. The van der Waals surface area contributed by atoms with Crippen molar-refractivity contribution in [1.82, 2.24) is 0 Å². The summed E-state index contributed by atoms with van der Waals surface area (Å²) >= 11 is 0. The van der Waals surface area contributed by atoms with Crippen LogP contribution in [0.1, 0.15) is 16.7 Å². The molecule has 4 nitrogen and oxygen atoms in total. The van der Waals surface area contributed by atoms with Gasteiger partial charge in [0.2, 0.25) is 0 Å².